The van der Waals surface area contributed by atoms with Crippen LogP contribution >= 0.6 is 0 Å². The van der Waals surface area contributed by atoms with Crippen molar-refractivity contribution in [1.29, 1.82) is 0 Å². The summed E-state index contributed by atoms with van der Waals surface area (Å²) in [4.78, 5) is 0. The SMILES string of the molecule is C=CC=CC=C=C=CCC. The average Bonchev–Trinajstić information content (AvgIpc) is 1.97. The average molecular weight is 132 g/mol. The molecule has 0 aliphatic heterocycles. The smallest absolute Gasteiger partial charge is 0.0115 e. The Kier molecular flexibility index (Phi) is 6.83. The van der Waals surface area contributed by atoms with E-state index in [1.807, 2.05) is 18.2 Å². The van der Waals surface area contributed by atoms with Gasteiger partial charge in [-0.1, -0.05) is 43.2 Å². The summed E-state index contributed by atoms with van der Waals surface area (Å²) in [6, 6.07) is 0. The zero-order valence-corrected chi connectivity index (χ0v) is 6.30. The highest BCUT2D eigenvalue weighted by molar-refractivity contribution is 5.08. The fourth-order valence-corrected chi connectivity index (χ4v) is 0.391. The second kappa shape index (κ2) is 7.78. The number of hydrogen-bond donors (Lipinski definition) is 0. The molecule has 0 saturated carbocycles. The molecule has 0 unspecified atom stereocenters. The van der Waals surface area contributed by atoms with Crippen molar-refractivity contribution in [2.45, 2.75) is 13.3 Å². The lowest BCUT2D eigenvalue weighted by atomic mass is 10.4. The van der Waals surface area contributed by atoms with Gasteiger partial charge in [0.05, 0.1) is 0 Å². The van der Waals surface area contributed by atoms with Gasteiger partial charge in [0.1, 0.15) is 0 Å². The van der Waals surface area contributed by atoms with Crippen LogP contribution in [0.3, 0.4) is 0 Å². The molecule has 0 fully saturated rings. The molecule has 0 atom stereocenters. The third-order valence-electron chi connectivity index (χ3n) is 0.816. The quantitative estimate of drug-likeness (QED) is 0.409. The van der Waals surface area contributed by atoms with Crippen LogP contribution in [0.2, 0.25) is 0 Å². The van der Waals surface area contributed by atoms with Gasteiger partial charge in [-0.05, 0) is 18.6 Å². The first-order valence-electron chi connectivity index (χ1n) is 3.35. The molecule has 0 N–H and O–H groups in total. The Morgan fingerprint density at radius 3 is 2.70 bits per heavy atom. The van der Waals surface area contributed by atoms with E-state index in [9.17, 15) is 0 Å². The summed E-state index contributed by atoms with van der Waals surface area (Å²) in [6.45, 7) is 5.60. The van der Waals surface area contributed by atoms with Crippen molar-refractivity contribution in [3.05, 3.63) is 48.4 Å². The van der Waals surface area contributed by atoms with Crippen LogP contribution in [-0.4, -0.2) is 0 Å². The van der Waals surface area contributed by atoms with Gasteiger partial charge in [-0.2, -0.15) is 0 Å². The van der Waals surface area contributed by atoms with Gasteiger partial charge in [0.25, 0.3) is 0 Å². The van der Waals surface area contributed by atoms with Gasteiger partial charge < -0.3 is 0 Å². The lowest BCUT2D eigenvalue weighted by Crippen LogP contribution is -1.44. The van der Waals surface area contributed by atoms with Gasteiger partial charge in [0.15, 0.2) is 0 Å². The maximum atomic E-state index is 3.53. The molecule has 0 heterocycles. The fraction of sp³-hybridized carbons (Fsp3) is 0.200. The summed E-state index contributed by atoms with van der Waals surface area (Å²) in [5.41, 5.74) is 5.73. The first kappa shape index (κ1) is 8.78. The van der Waals surface area contributed by atoms with Crippen molar-refractivity contribution in [2.24, 2.45) is 0 Å². The zero-order chi connectivity index (χ0) is 7.66. The van der Waals surface area contributed by atoms with E-state index in [0.29, 0.717) is 0 Å². The topological polar surface area (TPSA) is 0 Å². The molecule has 0 aliphatic carbocycles. The molecule has 0 radical (unpaired) electrons. The molecule has 0 aromatic heterocycles. The van der Waals surface area contributed by atoms with Crippen molar-refractivity contribution >= 4 is 0 Å². The Labute approximate surface area is 62.6 Å². The lowest BCUT2D eigenvalue weighted by molar-refractivity contribution is 1.23. The van der Waals surface area contributed by atoms with Crippen molar-refractivity contribution < 1.29 is 0 Å². The predicted octanol–water partition coefficient (Wildman–Crippen LogP) is 3.01. The standard InChI is InChI=1S/C10H12/c1-3-5-7-9-10-8-6-4-2/h3,5-7,9H,1,4H2,2H3. The third-order valence-corrected chi connectivity index (χ3v) is 0.816. The van der Waals surface area contributed by atoms with E-state index >= 15 is 0 Å². The highest BCUT2D eigenvalue weighted by Gasteiger charge is 1.55. The maximum Gasteiger partial charge on any atom is -0.0115 e. The van der Waals surface area contributed by atoms with E-state index < -0.39 is 0 Å². The van der Waals surface area contributed by atoms with Crippen LogP contribution < -0.4 is 0 Å². The van der Waals surface area contributed by atoms with Crippen LogP contribution in [0.1, 0.15) is 13.3 Å². The van der Waals surface area contributed by atoms with E-state index in [4.69, 9.17) is 0 Å². The first-order valence-corrected chi connectivity index (χ1v) is 3.35. The minimum atomic E-state index is 1.01. The van der Waals surface area contributed by atoms with E-state index in [2.05, 4.69) is 25.0 Å². The largest absolute Gasteiger partial charge is 0.0991 e. The van der Waals surface area contributed by atoms with Crippen LogP contribution in [0.15, 0.2) is 48.4 Å². The first-order chi connectivity index (χ1) is 4.91. The molecule has 0 amide bonds. The third kappa shape index (κ3) is 6.78. The minimum absolute atomic E-state index is 1.01. The summed E-state index contributed by atoms with van der Waals surface area (Å²) in [6.07, 6.45) is 10.2. The normalized spacial score (nSPS) is 8.10. The maximum absolute atomic E-state index is 3.53. The van der Waals surface area contributed by atoms with Crippen molar-refractivity contribution in [2.75, 3.05) is 0 Å². The molecule has 0 aliphatic rings. The number of rotatable bonds is 3. The molecule has 0 rings (SSSR count). The fourth-order valence-electron chi connectivity index (χ4n) is 0.391. The van der Waals surface area contributed by atoms with Crippen LogP contribution in [0.5, 0.6) is 0 Å². The predicted molar refractivity (Wildman–Crippen MR) is 45.8 cm³/mol. The van der Waals surface area contributed by atoms with Crippen LogP contribution in [-0.2, 0) is 0 Å². The Morgan fingerprint density at radius 2 is 2.10 bits per heavy atom. The Morgan fingerprint density at radius 1 is 1.30 bits per heavy atom. The lowest BCUT2D eigenvalue weighted by Gasteiger charge is -1.64. The summed E-state index contributed by atoms with van der Waals surface area (Å²) in [7, 11) is 0. The van der Waals surface area contributed by atoms with Crippen LogP contribution in [0.4, 0.5) is 0 Å². The van der Waals surface area contributed by atoms with Crippen molar-refractivity contribution in [1.82, 2.24) is 0 Å². The van der Waals surface area contributed by atoms with Gasteiger partial charge in [-0.15, -0.1) is 0 Å². The molecule has 0 saturated heterocycles. The highest BCUT2D eigenvalue weighted by Crippen LogP contribution is 1.75. The van der Waals surface area contributed by atoms with Crippen LogP contribution in [0.25, 0.3) is 0 Å². The summed E-state index contributed by atoms with van der Waals surface area (Å²) < 4.78 is 0. The molecule has 52 valence electrons. The van der Waals surface area contributed by atoms with E-state index in [1.54, 1.807) is 12.2 Å². The second-order valence-corrected chi connectivity index (χ2v) is 1.69. The molecule has 0 aromatic rings. The van der Waals surface area contributed by atoms with E-state index in [-0.39, 0.29) is 0 Å². The van der Waals surface area contributed by atoms with E-state index in [1.165, 1.54) is 0 Å². The van der Waals surface area contributed by atoms with Gasteiger partial charge in [-0.25, -0.2) is 0 Å². The van der Waals surface area contributed by atoms with Crippen molar-refractivity contribution in [3.63, 3.8) is 0 Å². The van der Waals surface area contributed by atoms with Crippen LogP contribution in [0, 0.1) is 0 Å². The van der Waals surface area contributed by atoms with Gasteiger partial charge in [0, 0.05) is 0 Å². The molecular weight excluding hydrogens is 120 g/mol. The second-order valence-electron chi connectivity index (χ2n) is 1.69. The molecule has 10 heavy (non-hydrogen) atoms. The summed E-state index contributed by atoms with van der Waals surface area (Å²) >= 11 is 0. The number of allylic oxidation sites excluding steroid dienone is 5. The molecule has 0 heteroatoms. The Balaban J connectivity index is 3.86. The van der Waals surface area contributed by atoms with E-state index in [0.717, 1.165) is 6.42 Å². The summed E-state index contributed by atoms with van der Waals surface area (Å²) in [5, 5.41) is 0. The molecule has 0 nitrogen and oxygen atoms in total. The Hall–Kier alpha value is -1.22. The van der Waals surface area contributed by atoms with Gasteiger partial charge >= 0.3 is 0 Å². The highest BCUT2D eigenvalue weighted by atomic mass is 13.6. The van der Waals surface area contributed by atoms with Gasteiger partial charge in [0.2, 0.25) is 0 Å². The van der Waals surface area contributed by atoms with Crippen molar-refractivity contribution in [3.8, 4) is 0 Å². The molecule has 0 aromatic carbocycles. The summed E-state index contributed by atoms with van der Waals surface area (Å²) in [5.74, 6) is 0. The molecular formula is C10H12. The monoisotopic (exact) mass is 132 g/mol. The molecule has 0 bridgehead atoms. The zero-order valence-electron chi connectivity index (χ0n) is 6.30. The van der Waals surface area contributed by atoms with Gasteiger partial charge in [-0.3, -0.25) is 0 Å². The Bertz CT molecular complexity index is 194. The minimum Gasteiger partial charge on any atom is -0.0991 e. The number of hydrogen-bond acceptors (Lipinski definition) is 0. The molecule has 0 spiro atoms.